The molecule has 0 N–H and O–H groups in total. The number of aromatic nitrogens is 3. The van der Waals surface area contributed by atoms with E-state index in [9.17, 15) is 4.79 Å². The summed E-state index contributed by atoms with van der Waals surface area (Å²) in [5.74, 6) is 1.63. The van der Waals surface area contributed by atoms with Crippen LogP contribution in [-0.2, 0) is 7.05 Å². The average Bonchev–Trinajstić information content (AvgIpc) is 3.15. The zero-order valence-corrected chi connectivity index (χ0v) is 15.8. The normalized spacial score (nSPS) is 12.4. The van der Waals surface area contributed by atoms with Crippen molar-refractivity contribution >= 4 is 17.5 Å². The Hall–Kier alpha value is -2.34. The Morgan fingerprint density at radius 3 is 2.56 bits per heavy atom. The number of carbonyl (C=O) groups excluding carboxylic acids is 1. The Balaban J connectivity index is 1.80. The first-order valence-corrected chi connectivity index (χ1v) is 8.98. The molecule has 6 heteroatoms. The van der Waals surface area contributed by atoms with Crippen LogP contribution in [0.5, 0.6) is 0 Å². The van der Waals surface area contributed by atoms with Crippen LogP contribution in [-0.4, -0.2) is 25.8 Å². The number of hydrogen-bond acceptors (Lipinski definition) is 5. The Labute approximate surface area is 151 Å². The van der Waals surface area contributed by atoms with Crippen molar-refractivity contribution in [1.82, 2.24) is 14.8 Å². The number of thioether (sulfide) groups is 1. The van der Waals surface area contributed by atoms with Crippen molar-refractivity contribution in [3.8, 4) is 11.4 Å². The molecule has 1 unspecified atom stereocenters. The molecule has 1 atom stereocenters. The summed E-state index contributed by atoms with van der Waals surface area (Å²) in [5.41, 5.74) is 3.95. The van der Waals surface area contributed by atoms with E-state index in [2.05, 4.69) is 10.2 Å². The van der Waals surface area contributed by atoms with Crippen LogP contribution in [0.1, 0.15) is 34.2 Å². The maximum Gasteiger partial charge on any atom is 0.191 e. The quantitative estimate of drug-likeness (QED) is 0.502. The number of benzene rings is 1. The van der Waals surface area contributed by atoms with Gasteiger partial charge in [-0.15, -0.1) is 10.2 Å². The van der Waals surface area contributed by atoms with Crippen molar-refractivity contribution in [2.45, 2.75) is 38.1 Å². The number of Topliss-reactive ketones (excluding diaryl/α,β-unsaturated/α-hetero) is 1. The summed E-state index contributed by atoms with van der Waals surface area (Å²) in [6.07, 6.45) is 1.64. The number of aryl methyl sites for hydroxylation is 3. The fraction of sp³-hybridized carbons (Fsp3) is 0.316. The van der Waals surface area contributed by atoms with E-state index < -0.39 is 0 Å². The molecule has 130 valence electrons. The van der Waals surface area contributed by atoms with Gasteiger partial charge in [-0.2, -0.15) is 0 Å². The maximum atomic E-state index is 12.7. The molecule has 0 amide bonds. The summed E-state index contributed by atoms with van der Waals surface area (Å²) in [6, 6.07) is 7.70. The van der Waals surface area contributed by atoms with Crippen LogP contribution < -0.4 is 0 Å². The second-order valence-corrected chi connectivity index (χ2v) is 7.49. The lowest BCUT2D eigenvalue weighted by molar-refractivity contribution is 0.0993. The summed E-state index contributed by atoms with van der Waals surface area (Å²) in [7, 11) is 1.90. The first-order valence-electron chi connectivity index (χ1n) is 8.10. The molecule has 1 aromatic carbocycles. The molecule has 3 aromatic rings. The van der Waals surface area contributed by atoms with Gasteiger partial charge in [0.05, 0.1) is 17.1 Å². The number of carbonyl (C=O) groups is 1. The van der Waals surface area contributed by atoms with E-state index in [1.165, 1.54) is 17.3 Å². The molecule has 0 saturated heterocycles. The van der Waals surface area contributed by atoms with Crippen LogP contribution in [0.25, 0.3) is 11.4 Å². The molecular formula is C19H21N3O2S. The van der Waals surface area contributed by atoms with Gasteiger partial charge in [-0.25, -0.2) is 0 Å². The number of nitrogens with zero attached hydrogens (tertiary/aromatic N) is 3. The largest absolute Gasteiger partial charge is 0.469 e. The molecule has 0 bridgehead atoms. The van der Waals surface area contributed by atoms with Crippen molar-refractivity contribution in [2.24, 2.45) is 7.05 Å². The number of hydrogen-bond donors (Lipinski definition) is 0. The van der Waals surface area contributed by atoms with Gasteiger partial charge in [0.1, 0.15) is 5.76 Å². The Kier molecular flexibility index (Phi) is 4.81. The maximum absolute atomic E-state index is 12.7. The highest BCUT2D eigenvalue weighted by atomic mass is 32.2. The van der Waals surface area contributed by atoms with Crippen LogP contribution in [0.4, 0.5) is 0 Å². The molecule has 0 aliphatic rings. The molecule has 5 nitrogen and oxygen atoms in total. The summed E-state index contributed by atoms with van der Waals surface area (Å²) < 4.78 is 7.23. The monoisotopic (exact) mass is 355 g/mol. The zero-order chi connectivity index (χ0) is 18.1. The highest BCUT2D eigenvalue weighted by Gasteiger charge is 2.21. The zero-order valence-electron chi connectivity index (χ0n) is 15.0. The third-order valence-corrected chi connectivity index (χ3v) is 5.51. The Morgan fingerprint density at radius 2 is 1.92 bits per heavy atom. The van der Waals surface area contributed by atoms with E-state index in [1.54, 1.807) is 6.26 Å². The van der Waals surface area contributed by atoms with Gasteiger partial charge in [0.15, 0.2) is 16.8 Å². The lowest BCUT2D eigenvalue weighted by atomic mass is 10.0. The second-order valence-electron chi connectivity index (χ2n) is 6.18. The minimum atomic E-state index is -0.247. The van der Waals surface area contributed by atoms with Crippen LogP contribution in [0.3, 0.4) is 0 Å². The van der Waals surface area contributed by atoms with E-state index in [1.807, 2.05) is 63.6 Å². The van der Waals surface area contributed by atoms with E-state index in [0.717, 1.165) is 28.3 Å². The van der Waals surface area contributed by atoms with Crippen LogP contribution in [0.2, 0.25) is 0 Å². The number of furan rings is 1. The van der Waals surface area contributed by atoms with E-state index in [-0.39, 0.29) is 11.0 Å². The van der Waals surface area contributed by atoms with Gasteiger partial charge < -0.3 is 8.98 Å². The second kappa shape index (κ2) is 6.88. The summed E-state index contributed by atoms with van der Waals surface area (Å²) in [6.45, 7) is 7.86. The van der Waals surface area contributed by atoms with E-state index in [4.69, 9.17) is 4.42 Å². The number of rotatable bonds is 5. The summed E-state index contributed by atoms with van der Waals surface area (Å²) >= 11 is 1.42. The molecule has 0 fully saturated rings. The van der Waals surface area contributed by atoms with Gasteiger partial charge in [0.2, 0.25) is 0 Å². The molecule has 0 saturated carbocycles. The van der Waals surface area contributed by atoms with Crippen LogP contribution >= 0.6 is 11.8 Å². The minimum absolute atomic E-state index is 0.0946. The molecule has 25 heavy (non-hydrogen) atoms. The predicted octanol–water partition coefficient (Wildman–Crippen LogP) is 4.36. The first kappa shape index (κ1) is 17.5. The predicted molar refractivity (Wildman–Crippen MR) is 99.0 cm³/mol. The first-order chi connectivity index (χ1) is 11.9. The van der Waals surface area contributed by atoms with E-state index in [0.29, 0.717) is 5.16 Å². The minimum Gasteiger partial charge on any atom is -0.469 e. The van der Waals surface area contributed by atoms with Gasteiger partial charge in [-0.3, -0.25) is 4.79 Å². The lowest BCUT2D eigenvalue weighted by Gasteiger charge is -2.11. The molecule has 3 rings (SSSR count). The molecule has 2 aromatic heterocycles. The Morgan fingerprint density at radius 1 is 1.16 bits per heavy atom. The van der Waals surface area contributed by atoms with Crippen molar-refractivity contribution < 1.29 is 9.21 Å². The average molecular weight is 355 g/mol. The third-order valence-electron chi connectivity index (χ3n) is 4.38. The SMILES string of the molecule is Cc1ccc(C(=O)C(C)Sc2nnc(-c3ccoc3C)n2C)cc1C. The molecule has 0 radical (unpaired) electrons. The molecule has 0 spiro atoms. The molecule has 0 aliphatic heterocycles. The lowest BCUT2D eigenvalue weighted by Crippen LogP contribution is -2.14. The number of ketones is 1. The highest BCUT2D eigenvalue weighted by Crippen LogP contribution is 2.29. The van der Waals surface area contributed by atoms with Gasteiger partial charge in [0.25, 0.3) is 0 Å². The third kappa shape index (κ3) is 3.39. The standard InChI is InChI=1S/C19H21N3O2S/c1-11-6-7-15(10-12(11)2)17(23)14(4)25-19-21-20-18(22(19)5)16-8-9-24-13(16)3/h6-10,14H,1-5H3. The fourth-order valence-corrected chi connectivity index (χ4v) is 3.50. The van der Waals surface area contributed by atoms with Crippen molar-refractivity contribution in [1.29, 1.82) is 0 Å². The van der Waals surface area contributed by atoms with Gasteiger partial charge in [-0.1, -0.05) is 23.9 Å². The van der Waals surface area contributed by atoms with Gasteiger partial charge in [0, 0.05) is 12.6 Å². The molecule has 0 aliphatic carbocycles. The smallest absolute Gasteiger partial charge is 0.191 e. The summed E-state index contributed by atoms with van der Waals surface area (Å²) in [5, 5.41) is 8.95. The highest BCUT2D eigenvalue weighted by molar-refractivity contribution is 8.00. The fourth-order valence-electron chi connectivity index (χ4n) is 2.61. The molecular weight excluding hydrogens is 334 g/mol. The summed E-state index contributed by atoms with van der Waals surface area (Å²) in [4.78, 5) is 12.7. The molecule has 2 heterocycles. The topological polar surface area (TPSA) is 60.9 Å². The van der Waals surface area contributed by atoms with Gasteiger partial charge in [-0.05, 0) is 51.0 Å². The van der Waals surface area contributed by atoms with Crippen molar-refractivity contribution in [2.75, 3.05) is 0 Å². The van der Waals surface area contributed by atoms with Crippen LogP contribution in [0.15, 0.2) is 40.1 Å². The van der Waals surface area contributed by atoms with Crippen LogP contribution in [0, 0.1) is 20.8 Å². The Bertz CT molecular complexity index is 927. The van der Waals surface area contributed by atoms with Crippen molar-refractivity contribution in [3.05, 3.63) is 53.0 Å². The van der Waals surface area contributed by atoms with Crippen molar-refractivity contribution in [3.63, 3.8) is 0 Å². The van der Waals surface area contributed by atoms with Gasteiger partial charge >= 0.3 is 0 Å². The van der Waals surface area contributed by atoms with E-state index >= 15 is 0 Å².